The van der Waals surface area contributed by atoms with Crippen molar-refractivity contribution in [3.05, 3.63) is 104 Å². The fraction of sp³-hybridized carbons (Fsp3) is 0.294. The van der Waals surface area contributed by atoms with Crippen LogP contribution in [0.15, 0.2) is 60.9 Å². The summed E-state index contributed by atoms with van der Waals surface area (Å²) < 4.78 is 16.0. The van der Waals surface area contributed by atoms with Crippen molar-refractivity contribution >= 4 is 74.4 Å². The molecule has 0 unspecified atom stereocenters. The fourth-order valence-electron chi connectivity index (χ4n) is 5.90. The van der Waals surface area contributed by atoms with Crippen LogP contribution in [0.1, 0.15) is 62.5 Å². The molecule has 1 aliphatic heterocycles. The number of nitrogens with one attached hydrogen (secondary N) is 2. The Kier molecular flexibility index (Phi) is 9.52. The van der Waals surface area contributed by atoms with Gasteiger partial charge in [-0.3, -0.25) is 9.88 Å². The van der Waals surface area contributed by atoms with Crippen molar-refractivity contribution in [3.63, 3.8) is 0 Å². The second-order valence-electron chi connectivity index (χ2n) is 12.5. The van der Waals surface area contributed by atoms with Crippen molar-refractivity contribution in [1.29, 1.82) is 5.26 Å². The Hall–Kier alpha value is -3.65. The molecule has 0 radical (unpaired) electrons. The molecule has 1 atom stereocenters. The van der Waals surface area contributed by atoms with Crippen LogP contribution >= 0.6 is 46.4 Å². The monoisotopic (exact) mass is 710 g/mol. The number of hydrogen-bond acceptors (Lipinski definition) is 7. The smallest absolute Gasteiger partial charge is 0.143 e. The predicted molar refractivity (Wildman–Crippen MR) is 188 cm³/mol. The van der Waals surface area contributed by atoms with Gasteiger partial charge in [0, 0.05) is 40.3 Å². The number of piperidine rings is 1. The maximum atomic E-state index is 14.0. The van der Waals surface area contributed by atoms with Crippen molar-refractivity contribution in [3.8, 4) is 6.07 Å². The molecule has 3 aromatic carbocycles. The summed E-state index contributed by atoms with van der Waals surface area (Å²) in [7, 11) is 0. The van der Waals surface area contributed by atoms with E-state index in [0.29, 0.717) is 43.7 Å². The number of anilines is 3. The van der Waals surface area contributed by atoms with E-state index in [0.717, 1.165) is 31.5 Å². The summed E-state index contributed by atoms with van der Waals surface area (Å²) in [4.78, 5) is 7.14. The van der Waals surface area contributed by atoms with Gasteiger partial charge in [-0.1, -0.05) is 63.7 Å². The first kappa shape index (κ1) is 33.3. The van der Waals surface area contributed by atoms with Crippen LogP contribution in [0.25, 0.3) is 10.9 Å². The van der Waals surface area contributed by atoms with Crippen LogP contribution in [0.3, 0.4) is 0 Å². The normalized spacial score (nSPS) is 15.0. The van der Waals surface area contributed by atoms with Gasteiger partial charge in [-0.25, -0.2) is 9.07 Å². The second kappa shape index (κ2) is 13.5. The molecule has 0 amide bonds. The first-order valence-electron chi connectivity index (χ1n) is 15.0. The number of pyridine rings is 1. The number of likely N-dealkylation sites (tertiary alicyclic amines) is 1. The lowest BCUT2D eigenvalue weighted by Crippen LogP contribution is -2.46. The Morgan fingerprint density at radius 3 is 2.36 bits per heavy atom. The highest BCUT2D eigenvalue weighted by Crippen LogP contribution is 2.40. The SMILES string of the molecule is CC(C)(C)N1CCC(n2cc([C@@H](Nc3cc(Cl)cc4c(Nc5ccc(F)c(Cl)c5Cl)c(C#N)cnc34)c3ccc(Cl)cc3)nn2)CC1. The minimum absolute atomic E-state index is 0.0177. The largest absolute Gasteiger partial charge is 0.371 e. The average molecular weight is 712 g/mol. The van der Waals surface area contributed by atoms with Gasteiger partial charge in [0.2, 0.25) is 0 Å². The highest BCUT2D eigenvalue weighted by Gasteiger charge is 2.29. The van der Waals surface area contributed by atoms with E-state index in [1.54, 1.807) is 12.1 Å². The molecule has 13 heteroatoms. The summed E-state index contributed by atoms with van der Waals surface area (Å²) in [5.74, 6) is -0.655. The lowest BCUT2D eigenvalue weighted by Gasteiger charge is -2.40. The molecule has 47 heavy (non-hydrogen) atoms. The lowest BCUT2D eigenvalue weighted by atomic mass is 9.98. The van der Waals surface area contributed by atoms with Gasteiger partial charge in [-0.2, -0.15) is 5.26 Å². The zero-order valence-corrected chi connectivity index (χ0v) is 28.9. The lowest BCUT2D eigenvalue weighted by molar-refractivity contribution is 0.0866. The van der Waals surface area contributed by atoms with E-state index >= 15 is 0 Å². The molecule has 0 saturated carbocycles. The number of nitrogens with zero attached hydrogens (tertiary/aromatic N) is 6. The quantitative estimate of drug-likeness (QED) is 0.162. The molecule has 5 aromatic rings. The van der Waals surface area contributed by atoms with E-state index < -0.39 is 11.9 Å². The van der Waals surface area contributed by atoms with E-state index in [1.165, 1.54) is 18.3 Å². The molecule has 8 nitrogen and oxygen atoms in total. The molecule has 1 fully saturated rings. The van der Waals surface area contributed by atoms with Gasteiger partial charge in [-0.05, 0) is 75.6 Å². The molecular weight excluding hydrogens is 681 g/mol. The summed E-state index contributed by atoms with van der Waals surface area (Å²) in [5.41, 5.74) is 3.80. The molecule has 0 spiro atoms. The topological polar surface area (TPSA) is 94.7 Å². The van der Waals surface area contributed by atoms with Crippen LogP contribution in [0.4, 0.5) is 21.5 Å². The molecule has 0 bridgehead atoms. The zero-order valence-electron chi connectivity index (χ0n) is 25.8. The van der Waals surface area contributed by atoms with Gasteiger partial charge in [0.05, 0.1) is 56.5 Å². The number of rotatable bonds is 7. The molecule has 6 rings (SSSR count). The summed E-state index contributed by atoms with van der Waals surface area (Å²) in [6, 6.07) is 15.6. The third-order valence-electron chi connectivity index (χ3n) is 8.47. The van der Waals surface area contributed by atoms with Gasteiger partial charge >= 0.3 is 0 Å². The highest BCUT2D eigenvalue weighted by molar-refractivity contribution is 6.44. The summed E-state index contributed by atoms with van der Waals surface area (Å²) in [6.45, 7) is 8.69. The summed E-state index contributed by atoms with van der Waals surface area (Å²) in [5, 5.41) is 27.2. The Bertz CT molecular complexity index is 1980. The van der Waals surface area contributed by atoms with Crippen molar-refractivity contribution in [2.45, 2.75) is 51.2 Å². The van der Waals surface area contributed by atoms with Gasteiger partial charge in [0.1, 0.15) is 17.6 Å². The fourth-order valence-corrected chi connectivity index (χ4v) is 6.60. The zero-order chi connectivity index (χ0) is 33.5. The molecule has 1 aliphatic rings. The van der Waals surface area contributed by atoms with Gasteiger partial charge in [-0.15, -0.1) is 5.10 Å². The third-order valence-corrected chi connectivity index (χ3v) is 9.79. The summed E-state index contributed by atoms with van der Waals surface area (Å²) >= 11 is 25.4. The minimum atomic E-state index is -0.655. The van der Waals surface area contributed by atoms with Crippen LogP contribution in [0, 0.1) is 17.1 Å². The maximum absolute atomic E-state index is 14.0. The van der Waals surface area contributed by atoms with Crippen LogP contribution in [0.5, 0.6) is 0 Å². The van der Waals surface area contributed by atoms with E-state index in [9.17, 15) is 9.65 Å². The summed E-state index contributed by atoms with van der Waals surface area (Å²) in [6.07, 6.45) is 5.40. The molecule has 2 aromatic heterocycles. The number of hydrogen-bond donors (Lipinski definition) is 2. The number of benzene rings is 3. The third kappa shape index (κ3) is 6.99. The van der Waals surface area contributed by atoms with Crippen LogP contribution < -0.4 is 10.6 Å². The number of halogens is 5. The van der Waals surface area contributed by atoms with Crippen LogP contribution in [0.2, 0.25) is 20.1 Å². The first-order chi connectivity index (χ1) is 22.4. The first-order valence-corrected chi connectivity index (χ1v) is 16.6. The van der Waals surface area contributed by atoms with Crippen molar-refractivity contribution in [2.24, 2.45) is 0 Å². The van der Waals surface area contributed by atoms with Gasteiger partial charge in [0.25, 0.3) is 0 Å². The van der Waals surface area contributed by atoms with Crippen molar-refractivity contribution in [1.82, 2.24) is 24.9 Å². The van der Waals surface area contributed by atoms with E-state index in [2.05, 4.69) is 57.7 Å². The molecule has 1 saturated heterocycles. The minimum Gasteiger partial charge on any atom is -0.371 e. The number of fused-ring (bicyclic) bond motifs is 1. The molecular formula is C34H31Cl4FN8. The Balaban J connectivity index is 1.39. The molecule has 242 valence electrons. The van der Waals surface area contributed by atoms with Gasteiger partial charge in [0.15, 0.2) is 0 Å². The van der Waals surface area contributed by atoms with Crippen LogP contribution in [-0.4, -0.2) is 43.5 Å². The van der Waals surface area contributed by atoms with E-state index in [1.807, 2.05) is 35.1 Å². The molecule has 3 heterocycles. The standard InChI is InChI=1S/C34H31Cl4FN8/c1-34(2,3)46-12-10-23(11-13-46)47-18-28(44-45-47)32(19-4-6-21(35)7-5-19)43-27-15-22(36)14-24-31(20(16-40)17-41-33(24)27)42-26-9-8-25(39)29(37)30(26)38/h4-9,14-15,17-18,23,32,43H,10-13H2,1-3H3,(H,41,42)/t32-/m0/s1. The Labute approximate surface area is 292 Å². The number of nitriles is 1. The van der Waals surface area contributed by atoms with Crippen molar-refractivity contribution < 1.29 is 4.39 Å². The van der Waals surface area contributed by atoms with E-state index in [-0.39, 0.29) is 27.2 Å². The average Bonchev–Trinajstić information content (AvgIpc) is 3.54. The second-order valence-corrected chi connectivity index (χ2v) is 14.1. The predicted octanol–water partition coefficient (Wildman–Crippen LogP) is 9.83. The van der Waals surface area contributed by atoms with Gasteiger partial charge < -0.3 is 10.6 Å². The molecule has 0 aliphatic carbocycles. The highest BCUT2D eigenvalue weighted by atomic mass is 35.5. The number of aromatic nitrogens is 4. The Morgan fingerprint density at radius 2 is 1.68 bits per heavy atom. The van der Waals surface area contributed by atoms with Crippen LogP contribution in [-0.2, 0) is 0 Å². The molecule has 2 N–H and O–H groups in total. The maximum Gasteiger partial charge on any atom is 0.143 e. The Morgan fingerprint density at radius 1 is 0.957 bits per heavy atom. The van der Waals surface area contributed by atoms with E-state index in [4.69, 9.17) is 46.4 Å². The van der Waals surface area contributed by atoms with Crippen molar-refractivity contribution in [2.75, 3.05) is 23.7 Å².